The van der Waals surface area contributed by atoms with E-state index in [9.17, 15) is 74.7 Å². The van der Waals surface area contributed by atoms with E-state index in [0.29, 0.717) is 97.1 Å². The number of amides is 6. The molecule has 0 spiro atoms. The summed E-state index contributed by atoms with van der Waals surface area (Å²) in [6.07, 6.45) is -0.819. The number of carbonyl (C=O) groups excluding carboxylic acids is 6. The van der Waals surface area contributed by atoms with Crippen molar-refractivity contribution in [3.05, 3.63) is 0 Å². The van der Waals surface area contributed by atoms with Crippen LogP contribution in [-0.2, 0) is 57.0 Å². The highest BCUT2D eigenvalue weighted by molar-refractivity contribution is 5.76. The normalized spacial score (nSPS) is 26.6. The summed E-state index contributed by atoms with van der Waals surface area (Å²) in [6.45, 7) is 4.25. The summed E-state index contributed by atoms with van der Waals surface area (Å²) >= 11 is 0. The van der Waals surface area contributed by atoms with Crippen LogP contribution in [0.25, 0.3) is 0 Å². The fraction of sp³-hybridized carbons (Fsp3) is 0.903. The van der Waals surface area contributed by atoms with Gasteiger partial charge in [0, 0.05) is 58.5 Å². The minimum Gasteiger partial charge on any atom is -0.450 e. The SMILES string of the molecule is CC(CCCOC(=O)NCCCCCCNC(=O)CCCOC1OC(CO)C(O)C(O)C1N)(CCCOC(=O)NCCCCCCNC(=O)CCCOC1OC(CO)C(O)C(O)C1N)CCCOC(=O)NCCCCCCNC(=O)CCCOC1OC(CO)C(O)C(O)C1N. The lowest BCUT2D eigenvalue weighted by atomic mass is 9.77. The minimum absolute atomic E-state index is 0.128. The number of ether oxygens (including phenoxy) is 9. The van der Waals surface area contributed by atoms with Gasteiger partial charge in [-0.15, -0.1) is 0 Å². The van der Waals surface area contributed by atoms with Crippen molar-refractivity contribution in [3.8, 4) is 0 Å². The lowest BCUT2D eigenvalue weighted by Crippen LogP contribution is -2.62. The first-order chi connectivity index (χ1) is 45.6. The maximum Gasteiger partial charge on any atom is 0.407 e. The Kier molecular flexibility index (Phi) is 44.5. The summed E-state index contributed by atoms with van der Waals surface area (Å²) in [5.74, 6) is -0.445. The third kappa shape index (κ3) is 35.2. The van der Waals surface area contributed by atoms with Gasteiger partial charge in [0.05, 0.1) is 77.6 Å². The zero-order valence-corrected chi connectivity index (χ0v) is 55.6. The Morgan fingerprint density at radius 1 is 0.347 bits per heavy atom. The number of aliphatic hydroxyl groups excluding tert-OH is 9. The van der Waals surface area contributed by atoms with Gasteiger partial charge in [-0.3, -0.25) is 14.4 Å². The van der Waals surface area contributed by atoms with Crippen molar-refractivity contribution in [3.63, 3.8) is 0 Å². The molecule has 33 nitrogen and oxygen atoms in total. The van der Waals surface area contributed by atoms with E-state index in [1.54, 1.807) is 0 Å². The highest BCUT2D eigenvalue weighted by Crippen LogP contribution is 2.35. The Balaban J connectivity index is 1.26. The molecule has 0 aromatic heterocycles. The first kappa shape index (κ1) is 84.7. The average Bonchev–Trinajstić information content (AvgIpc) is 0.856. The third-order valence-electron chi connectivity index (χ3n) is 16.8. The molecule has 0 aromatic rings. The van der Waals surface area contributed by atoms with Crippen LogP contribution < -0.4 is 49.1 Å². The fourth-order valence-corrected chi connectivity index (χ4v) is 10.9. The van der Waals surface area contributed by atoms with Crippen molar-refractivity contribution in [1.29, 1.82) is 0 Å². The monoisotopic (exact) mass is 1370 g/mol. The third-order valence-corrected chi connectivity index (χ3v) is 16.8. The number of hydrogen-bond acceptors (Lipinski definition) is 27. The van der Waals surface area contributed by atoms with Crippen LogP contribution in [-0.4, -0.2) is 273 Å². The van der Waals surface area contributed by atoms with Crippen molar-refractivity contribution in [2.75, 3.05) is 98.7 Å². The summed E-state index contributed by atoms with van der Waals surface area (Å²) in [7, 11) is 0. The predicted octanol–water partition coefficient (Wildman–Crippen LogP) is -1.77. The van der Waals surface area contributed by atoms with Gasteiger partial charge in [0.2, 0.25) is 17.7 Å². The highest BCUT2D eigenvalue weighted by Gasteiger charge is 2.45. The van der Waals surface area contributed by atoms with Crippen molar-refractivity contribution < 1.29 is 117 Å². The van der Waals surface area contributed by atoms with Crippen molar-refractivity contribution in [2.24, 2.45) is 22.6 Å². The Morgan fingerprint density at radius 3 is 0.832 bits per heavy atom. The predicted molar refractivity (Wildman–Crippen MR) is 341 cm³/mol. The van der Waals surface area contributed by atoms with Crippen LogP contribution in [0.15, 0.2) is 0 Å². The van der Waals surface area contributed by atoms with E-state index >= 15 is 0 Å². The summed E-state index contributed by atoms with van der Waals surface area (Å²) < 4.78 is 49.4. The minimum atomic E-state index is -1.33. The molecular weight excluding hydrogens is 1250 g/mol. The molecule has 3 rings (SSSR count). The molecule has 0 bridgehead atoms. The number of carbonyl (C=O) groups is 6. The molecule has 95 heavy (non-hydrogen) atoms. The second-order valence-corrected chi connectivity index (χ2v) is 24.9. The van der Waals surface area contributed by atoms with Gasteiger partial charge in [0.25, 0.3) is 0 Å². The molecule has 3 fully saturated rings. The van der Waals surface area contributed by atoms with Crippen LogP contribution in [0.2, 0.25) is 0 Å². The molecule has 0 aromatic carbocycles. The topological polar surface area (TPSA) is 518 Å². The standard InChI is InChI=1S/C62H117N9O24/c1-62(23-17-35-90-59(84)69-29-11-5-2-8-26-66-44(75)20-14-32-87-56-47(63)53(81)50(78)41(38-72)93-56,24-18-36-91-60(85)70-30-12-6-3-9-27-67-45(76)21-15-33-88-57-48(64)54(82)51(79)42(39-73)94-57)25-19-37-92-61(86)71-31-13-7-4-10-28-68-46(77)22-16-34-89-58-49(65)55(83)52(80)43(40-74)95-58/h41-43,47-58,72-74,78-83H,2-40,63-65H2,1H3,(H,66,75)(H,67,76)(H,68,77)(H,69,84)(H,70,85)(H,71,86). The van der Waals surface area contributed by atoms with Crippen molar-refractivity contribution in [1.82, 2.24) is 31.9 Å². The quantitative estimate of drug-likeness (QED) is 0.0237. The first-order valence-electron chi connectivity index (χ1n) is 34.2. The largest absolute Gasteiger partial charge is 0.450 e. The molecule has 0 saturated carbocycles. The fourth-order valence-electron chi connectivity index (χ4n) is 10.9. The molecule has 33 heteroatoms. The van der Waals surface area contributed by atoms with Gasteiger partial charge >= 0.3 is 18.3 Å². The molecule has 554 valence electrons. The second kappa shape index (κ2) is 49.9. The molecule has 3 aliphatic rings. The first-order valence-corrected chi connectivity index (χ1v) is 34.2. The summed E-state index contributed by atoms with van der Waals surface area (Å²) in [5, 5.41) is 105. The van der Waals surface area contributed by atoms with Crippen LogP contribution >= 0.6 is 0 Å². The molecule has 3 heterocycles. The van der Waals surface area contributed by atoms with E-state index in [2.05, 4.69) is 38.8 Å². The molecule has 3 aliphatic heterocycles. The zero-order valence-electron chi connectivity index (χ0n) is 55.6. The second-order valence-electron chi connectivity index (χ2n) is 24.9. The van der Waals surface area contributed by atoms with Gasteiger partial charge in [0.15, 0.2) is 18.9 Å². The summed E-state index contributed by atoms with van der Waals surface area (Å²) in [5.41, 5.74) is 17.4. The van der Waals surface area contributed by atoms with Crippen molar-refractivity contribution >= 4 is 36.0 Å². The number of hydrogen-bond donors (Lipinski definition) is 18. The molecule has 0 aliphatic carbocycles. The van der Waals surface area contributed by atoms with Gasteiger partial charge < -0.3 is 138 Å². The van der Waals surface area contributed by atoms with Gasteiger partial charge in [-0.25, -0.2) is 14.4 Å². The maximum atomic E-state index is 12.5. The van der Waals surface area contributed by atoms with Crippen LogP contribution in [0.1, 0.15) is 161 Å². The number of rotatable bonds is 51. The van der Waals surface area contributed by atoms with Crippen LogP contribution in [0.3, 0.4) is 0 Å². The average molecular weight is 1370 g/mol. The molecule has 21 N–H and O–H groups in total. The molecule has 15 unspecified atom stereocenters. The van der Waals surface area contributed by atoms with E-state index in [4.69, 9.17) is 59.8 Å². The summed E-state index contributed by atoms with van der Waals surface area (Å²) in [6, 6.07) is -3.02. The Labute approximate surface area is 557 Å². The lowest BCUT2D eigenvalue weighted by molar-refractivity contribution is -0.265. The smallest absolute Gasteiger partial charge is 0.407 e. The van der Waals surface area contributed by atoms with E-state index in [1.807, 2.05) is 0 Å². The van der Waals surface area contributed by atoms with Gasteiger partial charge in [-0.05, 0) is 102 Å². The zero-order chi connectivity index (χ0) is 69.8. The van der Waals surface area contributed by atoms with Crippen LogP contribution in [0.4, 0.5) is 14.4 Å². The number of alkyl carbamates (subject to hydrolysis) is 3. The molecule has 15 atom stereocenters. The van der Waals surface area contributed by atoms with Gasteiger partial charge in [-0.1, -0.05) is 45.4 Å². The Hall–Kier alpha value is -4.50. The van der Waals surface area contributed by atoms with Crippen LogP contribution in [0, 0.1) is 5.41 Å². The molecule has 6 amide bonds. The van der Waals surface area contributed by atoms with E-state index in [0.717, 1.165) is 77.0 Å². The van der Waals surface area contributed by atoms with E-state index in [-0.39, 0.29) is 82.0 Å². The maximum absolute atomic E-state index is 12.5. The Morgan fingerprint density at radius 2 is 0.589 bits per heavy atom. The van der Waals surface area contributed by atoms with E-state index < -0.39 is 130 Å². The highest BCUT2D eigenvalue weighted by atomic mass is 16.7. The van der Waals surface area contributed by atoms with Crippen molar-refractivity contribution in [2.45, 2.75) is 253 Å². The Bertz CT molecular complexity index is 1880. The van der Waals surface area contributed by atoms with Crippen LogP contribution in [0.5, 0.6) is 0 Å². The number of nitrogens with two attached hydrogens (primary N) is 3. The molecule has 0 radical (unpaired) electrons. The number of unbranched alkanes of at least 4 members (excludes halogenated alkanes) is 9. The van der Waals surface area contributed by atoms with Gasteiger partial charge in [-0.2, -0.15) is 0 Å². The van der Waals surface area contributed by atoms with Gasteiger partial charge in [0.1, 0.15) is 54.9 Å². The summed E-state index contributed by atoms with van der Waals surface area (Å²) in [4.78, 5) is 74.5. The molecular formula is C62H117N9O24. The number of nitrogens with one attached hydrogen (secondary N) is 6. The van der Waals surface area contributed by atoms with E-state index in [1.165, 1.54) is 0 Å². The molecule has 3 saturated heterocycles. The number of aliphatic hydroxyl groups is 9. The lowest BCUT2D eigenvalue weighted by Gasteiger charge is -2.40.